The summed E-state index contributed by atoms with van der Waals surface area (Å²) in [6.45, 7) is 2.18. The van der Waals surface area contributed by atoms with Gasteiger partial charge in [-0.2, -0.15) is 4.52 Å². The van der Waals surface area contributed by atoms with Gasteiger partial charge in [0.05, 0.1) is 13.0 Å². The molecule has 0 unspecified atom stereocenters. The van der Waals surface area contributed by atoms with E-state index in [1.807, 2.05) is 24.3 Å². The quantitative estimate of drug-likeness (QED) is 0.724. The third-order valence-corrected chi connectivity index (χ3v) is 3.34. The normalized spacial score (nSPS) is 10.7. The standard InChI is InChI=1S/C15H14ClN5O2/c1-2-23-14(22)9-10-3-5-11(6-4-10)17-12-7-8-13-18-19-15(16)21(13)20-12/h3-8H,2,9H2,1H3,(H,17,20). The van der Waals surface area contributed by atoms with E-state index in [1.165, 1.54) is 4.52 Å². The van der Waals surface area contributed by atoms with Crippen molar-refractivity contribution in [2.24, 2.45) is 0 Å². The molecule has 0 aliphatic rings. The van der Waals surface area contributed by atoms with E-state index in [-0.39, 0.29) is 17.7 Å². The fourth-order valence-corrected chi connectivity index (χ4v) is 2.22. The van der Waals surface area contributed by atoms with Gasteiger partial charge in [0.2, 0.25) is 5.28 Å². The van der Waals surface area contributed by atoms with Gasteiger partial charge in [-0.1, -0.05) is 12.1 Å². The number of carbonyl (C=O) groups excluding carboxylic acids is 1. The van der Waals surface area contributed by atoms with Crippen LogP contribution in [0.3, 0.4) is 0 Å². The molecule has 0 saturated heterocycles. The number of carbonyl (C=O) groups is 1. The Morgan fingerprint density at radius 2 is 2.00 bits per heavy atom. The van der Waals surface area contributed by atoms with Crippen LogP contribution in [0.25, 0.3) is 5.65 Å². The molecule has 0 spiro atoms. The van der Waals surface area contributed by atoms with Crippen LogP contribution in [-0.2, 0) is 16.0 Å². The van der Waals surface area contributed by atoms with Crippen molar-refractivity contribution in [2.45, 2.75) is 13.3 Å². The van der Waals surface area contributed by atoms with E-state index >= 15 is 0 Å². The van der Waals surface area contributed by atoms with Gasteiger partial charge in [-0.05, 0) is 48.4 Å². The topological polar surface area (TPSA) is 81.4 Å². The molecule has 118 valence electrons. The summed E-state index contributed by atoms with van der Waals surface area (Å²) in [7, 11) is 0. The van der Waals surface area contributed by atoms with Crippen LogP contribution in [0.2, 0.25) is 5.28 Å². The summed E-state index contributed by atoms with van der Waals surface area (Å²) in [6.07, 6.45) is 0.259. The molecule has 1 aromatic carbocycles. The Balaban J connectivity index is 1.71. The van der Waals surface area contributed by atoms with Crippen LogP contribution >= 0.6 is 11.6 Å². The second-order valence-corrected chi connectivity index (χ2v) is 5.10. The fourth-order valence-electron chi connectivity index (χ4n) is 2.06. The molecule has 0 saturated carbocycles. The van der Waals surface area contributed by atoms with Crippen molar-refractivity contribution in [3.63, 3.8) is 0 Å². The van der Waals surface area contributed by atoms with Gasteiger partial charge in [0.25, 0.3) is 0 Å². The third kappa shape index (κ3) is 3.57. The zero-order valence-corrected chi connectivity index (χ0v) is 13.1. The molecule has 1 N–H and O–H groups in total. The van der Waals surface area contributed by atoms with E-state index in [1.54, 1.807) is 19.1 Å². The number of benzene rings is 1. The lowest BCUT2D eigenvalue weighted by Crippen LogP contribution is -2.07. The average molecular weight is 332 g/mol. The Morgan fingerprint density at radius 3 is 2.74 bits per heavy atom. The molecule has 3 aromatic rings. The smallest absolute Gasteiger partial charge is 0.310 e. The molecule has 0 bridgehead atoms. The maximum absolute atomic E-state index is 11.4. The van der Waals surface area contributed by atoms with Gasteiger partial charge in [-0.3, -0.25) is 4.79 Å². The van der Waals surface area contributed by atoms with Crippen molar-refractivity contribution in [1.29, 1.82) is 0 Å². The molecule has 0 atom stereocenters. The molecule has 0 amide bonds. The summed E-state index contributed by atoms with van der Waals surface area (Å²) in [6, 6.07) is 11.0. The average Bonchev–Trinajstić information content (AvgIpc) is 2.91. The minimum atomic E-state index is -0.234. The second-order valence-electron chi connectivity index (χ2n) is 4.76. The molecule has 0 aliphatic heterocycles. The molecule has 7 nitrogen and oxygen atoms in total. The molecule has 23 heavy (non-hydrogen) atoms. The van der Waals surface area contributed by atoms with Crippen molar-refractivity contribution in [1.82, 2.24) is 19.8 Å². The molecule has 0 aliphatic carbocycles. The summed E-state index contributed by atoms with van der Waals surface area (Å²) in [4.78, 5) is 11.4. The Labute approximate surface area is 137 Å². The van der Waals surface area contributed by atoms with Crippen LogP contribution in [0.15, 0.2) is 36.4 Å². The highest BCUT2D eigenvalue weighted by Crippen LogP contribution is 2.17. The lowest BCUT2D eigenvalue weighted by molar-refractivity contribution is -0.142. The van der Waals surface area contributed by atoms with Crippen LogP contribution in [0.1, 0.15) is 12.5 Å². The number of nitrogens with one attached hydrogen (secondary N) is 1. The van der Waals surface area contributed by atoms with Crippen LogP contribution in [0.4, 0.5) is 11.5 Å². The predicted octanol–water partition coefficient (Wildman–Crippen LogP) is 2.63. The number of rotatable bonds is 5. The van der Waals surface area contributed by atoms with Crippen molar-refractivity contribution in [3.8, 4) is 0 Å². The van der Waals surface area contributed by atoms with Gasteiger partial charge in [-0.25, -0.2) is 0 Å². The van der Waals surface area contributed by atoms with Gasteiger partial charge in [0.15, 0.2) is 11.5 Å². The molecular weight excluding hydrogens is 318 g/mol. The lowest BCUT2D eigenvalue weighted by Gasteiger charge is -2.07. The third-order valence-electron chi connectivity index (χ3n) is 3.10. The SMILES string of the molecule is CCOC(=O)Cc1ccc(Nc2ccc3nnc(Cl)n3n2)cc1. The van der Waals surface area contributed by atoms with E-state index in [0.717, 1.165) is 11.3 Å². The highest BCUT2D eigenvalue weighted by atomic mass is 35.5. The van der Waals surface area contributed by atoms with Gasteiger partial charge in [0, 0.05) is 5.69 Å². The number of nitrogens with zero attached hydrogens (tertiary/aromatic N) is 4. The number of anilines is 2. The number of ether oxygens (including phenoxy) is 1. The number of esters is 1. The summed E-state index contributed by atoms with van der Waals surface area (Å²) >= 11 is 5.90. The van der Waals surface area contributed by atoms with Gasteiger partial charge in [-0.15, -0.1) is 15.3 Å². The maximum atomic E-state index is 11.4. The number of hydrogen-bond donors (Lipinski definition) is 1. The van der Waals surface area contributed by atoms with Crippen LogP contribution in [-0.4, -0.2) is 32.4 Å². The summed E-state index contributed by atoms with van der Waals surface area (Å²) in [5.41, 5.74) is 2.30. The van der Waals surface area contributed by atoms with Crippen molar-refractivity contribution in [3.05, 3.63) is 47.2 Å². The molecule has 2 heterocycles. The summed E-state index contributed by atoms with van der Waals surface area (Å²) < 4.78 is 6.37. The van der Waals surface area contributed by atoms with E-state index in [2.05, 4.69) is 20.6 Å². The lowest BCUT2D eigenvalue weighted by atomic mass is 10.1. The summed E-state index contributed by atoms with van der Waals surface area (Å²) in [5.74, 6) is 0.375. The van der Waals surface area contributed by atoms with E-state index < -0.39 is 0 Å². The predicted molar refractivity (Wildman–Crippen MR) is 85.9 cm³/mol. The van der Waals surface area contributed by atoms with Crippen LogP contribution < -0.4 is 5.32 Å². The monoisotopic (exact) mass is 331 g/mol. The first-order valence-corrected chi connectivity index (χ1v) is 7.43. The maximum Gasteiger partial charge on any atom is 0.310 e. The van der Waals surface area contributed by atoms with Crippen LogP contribution in [0, 0.1) is 0 Å². The Hall–Kier alpha value is -2.67. The minimum Gasteiger partial charge on any atom is -0.466 e. The molecule has 8 heteroatoms. The molecule has 2 aromatic heterocycles. The van der Waals surface area contributed by atoms with E-state index in [4.69, 9.17) is 16.3 Å². The zero-order chi connectivity index (χ0) is 16.2. The Kier molecular flexibility index (Phi) is 4.38. The van der Waals surface area contributed by atoms with Crippen LogP contribution in [0.5, 0.6) is 0 Å². The van der Waals surface area contributed by atoms with Gasteiger partial charge >= 0.3 is 5.97 Å². The largest absolute Gasteiger partial charge is 0.466 e. The molecule has 0 fully saturated rings. The number of aromatic nitrogens is 4. The Morgan fingerprint density at radius 1 is 1.22 bits per heavy atom. The number of hydrogen-bond acceptors (Lipinski definition) is 6. The zero-order valence-electron chi connectivity index (χ0n) is 12.4. The first kappa shape index (κ1) is 15.2. The first-order chi connectivity index (χ1) is 11.2. The second kappa shape index (κ2) is 6.62. The highest BCUT2D eigenvalue weighted by Gasteiger charge is 2.06. The summed E-state index contributed by atoms with van der Waals surface area (Å²) in [5, 5.41) is 15.3. The number of fused-ring (bicyclic) bond motifs is 1. The van der Waals surface area contributed by atoms with Gasteiger partial charge < -0.3 is 10.1 Å². The van der Waals surface area contributed by atoms with Crippen molar-refractivity contribution >= 4 is 34.7 Å². The highest BCUT2D eigenvalue weighted by molar-refractivity contribution is 6.28. The first-order valence-electron chi connectivity index (χ1n) is 7.05. The molecule has 3 rings (SSSR count). The molecular formula is C15H14ClN5O2. The van der Waals surface area contributed by atoms with Gasteiger partial charge in [0.1, 0.15) is 0 Å². The number of halogens is 1. The van der Waals surface area contributed by atoms with E-state index in [9.17, 15) is 4.79 Å². The molecule has 0 radical (unpaired) electrons. The van der Waals surface area contributed by atoms with E-state index in [0.29, 0.717) is 18.1 Å². The Bertz CT molecular complexity index is 832. The fraction of sp³-hybridized carbons (Fsp3) is 0.200. The van der Waals surface area contributed by atoms with Crippen molar-refractivity contribution < 1.29 is 9.53 Å². The van der Waals surface area contributed by atoms with Crippen molar-refractivity contribution in [2.75, 3.05) is 11.9 Å². The minimum absolute atomic E-state index is 0.202.